The highest BCUT2D eigenvalue weighted by atomic mass is 32.2. The average Bonchev–Trinajstić information content (AvgIpc) is 2.94. The number of imidazole rings is 1. The van der Waals surface area contributed by atoms with Crippen LogP contribution >= 0.6 is 11.8 Å². The first-order valence-electron chi connectivity index (χ1n) is 5.62. The molecule has 0 aliphatic carbocycles. The highest BCUT2D eigenvalue weighted by Gasteiger charge is 2.07. The molecule has 3 heterocycles. The Morgan fingerprint density at radius 3 is 2.89 bits per heavy atom. The summed E-state index contributed by atoms with van der Waals surface area (Å²) in [7, 11) is 1.81. The maximum absolute atomic E-state index is 4.32. The van der Waals surface area contributed by atoms with Crippen LogP contribution < -0.4 is 5.32 Å². The van der Waals surface area contributed by atoms with Gasteiger partial charge in [-0.15, -0.1) is 0 Å². The normalized spacial score (nSPS) is 10.8. The number of fused-ring (bicyclic) bond motifs is 1. The number of nitrogens with one attached hydrogen (secondary N) is 2. The molecular formula is C11H11N7S. The topological polar surface area (TPSA) is 92.3 Å². The summed E-state index contributed by atoms with van der Waals surface area (Å²) in [6, 6.07) is 0. The zero-order valence-electron chi connectivity index (χ0n) is 10.2. The maximum atomic E-state index is 4.32. The Morgan fingerprint density at radius 2 is 2.11 bits per heavy atom. The largest absolute Gasteiger partial charge is 0.372 e. The Bertz CT molecular complexity index is 679. The number of aromatic amines is 1. The molecule has 3 aromatic rings. The van der Waals surface area contributed by atoms with E-state index in [9.17, 15) is 0 Å². The second kappa shape index (κ2) is 5.19. The van der Waals surface area contributed by atoms with Gasteiger partial charge in [0.15, 0.2) is 5.65 Å². The van der Waals surface area contributed by atoms with Crippen molar-refractivity contribution >= 4 is 28.7 Å². The lowest BCUT2D eigenvalue weighted by Crippen LogP contribution is -1.96. The van der Waals surface area contributed by atoms with E-state index >= 15 is 0 Å². The molecule has 0 amide bonds. The fourth-order valence-corrected chi connectivity index (χ4v) is 2.40. The van der Waals surface area contributed by atoms with Crippen molar-refractivity contribution in [3.8, 4) is 0 Å². The third-order valence-corrected chi connectivity index (χ3v) is 3.53. The molecule has 7 nitrogen and oxygen atoms in total. The molecule has 0 aliphatic rings. The Morgan fingerprint density at radius 1 is 1.16 bits per heavy atom. The molecular weight excluding hydrogens is 262 g/mol. The molecule has 96 valence electrons. The standard InChI is InChI=1S/C11H11N7S/c1-12-8-3-13-7(2-14-8)4-19-11-9-10(16-5-15-9)17-6-18-11/h2-3,5-6H,4H2,1H3,(H,12,14)(H,15,16,17,18). The minimum atomic E-state index is 0.675. The average molecular weight is 273 g/mol. The van der Waals surface area contributed by atoms with Crippen LogP contribution in [0.1, 0.15) is 5.69 Å². The molecule has 2 N–H and O–H groups in total. The van der Waals surface area contributed by atoms with Crippen LogP contribution in [-0.2, 0) is 5.75 Å². The summed E-state index contributed by atoms with van der Waals surface area (Å²) in [4.78, 5) is 24.0. The minimum Gasteiger partial charge on any atom is -0.372 e. The first-order valence-corrected chi connectivity index (χ1v) is 6.61. The second-order valence-corrected chi connectivity index (χ2v) is 4.68. The highest BCUT2D eigenvalue weighted by molar-refractivity contribution is 7.98. The van der Waals surface area contributed by atoms with Gasteiger partial charge >= 0.3 is 0 Å². The fraction of sp³-hybridized carbons (Fsp3) is 0.182. The zero-order valence-corrected chi connectivity index (χ0v) is 11.0. The van der Waals surface area contributed by atoms with Crippen LogP contribution in [0.5, 0.6) is 0 Å². The molecule has 0 fully saturated rings. The Kier molecular flexibility index (Phi) is 3.23. The van der Waals surface area contributed by atoms with E-state index in [1.807, 2.05) is 7.05 Å². The van der Waals surface area contributed by atoms with Gasteiger partial charge in [0.25, 0.3) is 0 Å². The van der Waals surface area contributed by atoms with E-state index in [2.05, 4.69) is 35.2 Å². The summed E-state index contributed by atoms with van der Waals surface area (Å²) >= 11 is 1.58. The summed E-state index contributed by atoms with van der Waals surface area (Å²) in [5, 5.41) is 3.80. The van der Waals surface area contributed by atoms with Gasteiger partial charge in [0.2, 0.25) is 0 Å². The third-order valence-electron chi connectivity index (χ3n) is 2.51. The predicted molar refractivity (Wildman–Crippen MR) is 72.8 cm³/mol. The van der Waals surface area contributed by atoms with Crippen LogP contribution in [0.15, 0.2) is 30.1 Å². The minimum absolute atomic E-state index is 0.675. The van der Waals surface area contributed by atoms with E-state index in [-0.39, 0.29) is 0 Å². The quantitative estimate of drug-likeness (QED) is 0.549. The number of thioether (sulfide) groups is 1. The number of anilines is 1. The molecule has 3 rings (SSSR count). The summed E-state index contributed by atoms with van der Waals surface area (Å²) < 4.78 is 0. The second-order valence-electron chi connectivity index (χ2n) is 3.71. The van der Waals surface area contributed by atoms with Crippen LogP contribution in [0.2, 0.25) is 0 Å². The van der Waals surface area contributed by atoms with Crippen molar-refractivity contribution < 1.29 is 0 Å². The monoisotopic (exact) mass is 273 g/mol. The van der Waals surface area contributed by atoms with Crippen LogP contribution in [0, 0.1) is 0 Å². The van der Waals surface area contributed by atoms with Crippen LogP contribution in [0.3, 0.4) is 0 Å². The third kappa shape index (κ3) is 2.48. The van der Waals surface area contributed by atoms with Crippen molar-refractivity contribution in [2.24, 2.45) is 0 Å². The predicted octanol–water partition coefficient (Wildman–Crippen LogP) is 1.48. The maximum Gasteiger partial charge on any atom is 0.181 e. The van der Waals surface area contributed by atoms with Gasteiger partial charge in [-0.25, -0.2) is 19.9 Å². The lowest BCUT2D eigenvalue weighted by molar-refractivity contribution is 1.07. The Hall–Kier alpha value is -2.22. The van der Waals surface area contributed by atoms with Crippen molar-refractivity contribution in [3.05, 3.63) is 30.7 Å². The van der Waals surface area contributed by atoms with Crippen molar-refractivity contribution in [3.63, 3.8) is 0 Å². The number of hydrogen-bond donors (Lipinski definition) is 2. The molecule has 0 atom stereocenters. The van der Waals surface area contributed by atoms with E-state index < -0.39 is 0 Å². The van der Waals surface area contributed by atoms with E-state index in [1.54, 1.807) is 30.5 Å². The number of nitrogens with zero attached hydrogens (tertiary/aromatic N) is 5. The molecule has 0 aromatic carbocycles. The Labute approximate surface area is 113 Å². The van der Waals surface area contributed by atoms with Crippen molar-refractivity contribution in [2.45, 2.75) is 10.8 Å². The summed E-state index contributed by atoms with van der Waals surface area (Å²) in [5.41, 5.74) is 2.43. The van der Waals surface area contributed by atoms with E-state index in [0.29, 0.717) is 11.4 Å². The van der Waals surface area contributed by atoms with Gasteiger partial charge in [-0.05, 0) is 0 Å². The molecule has 8 heteroatoms. The molecule has 0 unspecified atom stereocenters. The van der Waals surface area contributed by atoms with Gasteiger partial charge in [-0.3, -0.25) is 4.98 Å². The molecule has 0 aliphatic heterocycles. The lowest BCUT2D eigenvalue weighted by Gasteiger charge is -2.02. The number of H-pyrrole nitrogens is 1. The SMILES string of the molecule is CNc1cnc(CSc2ncnc3nc[nH]c23)cn1. The summed E-state index contributed by atoms with van der Waals surface area (Å²) in [6.07, 6.45) is 6.60. The molecule has 3 aromatic heterocycles. The summed E-state index contributed by atoms with van der Waals surface area (Å²) in [5.74, 6) is 1.45. The molecule has 0 saturated heterocycles. The lowest BCUT2D eigenvalue weighted by atomic mass is 10.5. The van der Waals surface area contributed by atoms with Gasteiger partial charge in [0, 0.05) is 12.8 Å². The molecule has 0 spiro atoms. The van der Waals surface area contributed by atoms with Crippen molar-refractivity contribution in [1.29, 1.82) is 0 Å². The number of rotatable bonds is 4. The van der Waals surface area contributed by atoms with E-state index in [4.69, 9.17) is 0 Å². The smallest absolute Gasteiger partial charge is 0.181 e. The van der Waals surface area contributed by atoms with Gasteiger partial charge in [0.1, 0.15) is 22.7 Å². The van der Waals surface area contributed by atoms with Crippen LogP contribution in [-0.4, -0.2) is 37.0 Å². The number of aromatic nitrogens is 6. The fourth-order valence-electron chi connectivity index (χ4n) is 1.55. The molecule has 0 saturated carbocycles. The molecule has 0 radical (unpaired) electrons. The van der Waals surface area contributed by atoms with Crippen molar-refractivity contribution in [2.75, 3.05) is 12.4 Å². The zero-order chi connectivity index (χ0) is 13.1. The van der Waals surface area contributed by atoms with Gasteiger partial charge in [-0.2, -0.15) is 0 Å². The van der Waals surface area contributed by atoms with Crippen LogP contribution in [0.4, 0.5) is 5.82 Å². The number of hydrogen-bond acceptors (Lipinski definition) is 7. The molecule has 0 bridgehead atoms. The van der Waals surface area contributed by atoms with Gasteiger partial charge < -0.3 is 10.3 Å². The van der Waals surface area contributed by atoms with Crippen LogP contribution in [0.25, 0.3) is 11.2 Å². The first kappa shape index (κ1) is 11.8. The van der Waals surface area contributed by atoms with E-state index in [0.717, 1.165) is 22.1 Å². The molecule has 19 heavy (non-hydrogen) atoms. The summed E-state index contributed by atoms with van der Waals surface area (Å²) in [6.45, 7) is 0. The highest BCUT2D eigenvalue weighted by Crippen LogP contribution is 2.24. The van der Waals surface area contributed by atoms with Gasteiger partial charge in [0.05, 0.1) is 24.4 Å². The van der Waals surface area contributed by atoms with E-state index in [1.165, 1.54) is 6.33 Å². The van der Waals surface area contributed by atoms with Crippen molar-refractivity contribution in [1.82, 2.24) is 29.9 Å². The van der Waals surface area contributed by atoms with Gasteiger partial charge in [-0.1, -0.05) is 11.8 Å². The Balaban J connectivity index is 1.76. The first-order chi connectivity index (χ1) is 9.36.